The summed E-state index contributed by atoms with van der Waals surface area (Å²) >= 11 is 0. The molecular formula is C28H33N5O6. The number of nitrogens with zero attached hydrogens (tertiary/aromatic N) is 4. The number of urea groups is 1. The van der Waals surface area contributed by atoms with Gasteiger partial charge in [-0.3, -0.25) is 19.8 Å². The van der Waals surface area contributed by atoms with Crippen molar-refractivity contribution in [3.05, 3.63) is 94.4 Å². The van der Waals surface area contributed by atoms with Crippen molar-refractivity contribution in [3.63, 3.8) is 0 Å². The van der Waals surface area contributed by atoms with Gasteiger partial charge in [-0.25, -0.2) is 4.79 Å². The lowest BCUT2D eigenvalue weighted by molar-refractivity contribution is -0.384. The van der Waals surface area contributed by atoms with E-state index >= 15 is 0 Å². The Labute approximate surface area is 227 Å². The Kier molecular flexibility index (Phi) is 10.0. The van der Waals surface area contributed by atoms with Gasteiger partial charge in [0.1, 0.15) is 12.3 Å². The standard InChI is InChI=1S/C28H33N5O6/c34-27(31(21-26-7-4-18-39-26)13-12-23-5-2-1-3-6-23)22-32(15-14-30-16-19-38-20-17-30)28(35)29-24-8-10-25(11-9-24)33(36)37/h1-11,18H,12-17,19-22H2,(H,29,35). The number of hydrogen-bond acceptors (Lipinski definition) is 7. The van der Waals surface area contributed by atoms with Crippen LogP contribution in [0.25, 0.3) is 0 Å². The molecule has 3 amide bonds. The number of non-ortho nitro benzene ring substituents is 1. The molecule has 4 rings (SSSR count). The van der Waals surface area contributed by atoms with Gasteiger partial charge in [0.05, 0.1) is 30.9 Å². The lowest BCUT2D eigenvalue weighted by Crippen LogP contribution is -2.48. The maximum absolute atomic E-state index is 13.6. The van der Waals surface area contributed by atoms with Gasteiger partial charge in [0, 0.05) is 50.5 Å². The van der Waals surface area contributed by atoms with E-state index in [1.807, 2.05) is 36.4 Å². The summed E-state index contributed by atoms with van der Waals surface area (Å²) in [5.41, 5.74) is 1.44. The Balaban J connectivity index is 1.46. The van der Waals surface area contributed by atoms with Crippen molar-refractivity contribution in [2.24, 2.45) is 0 Å². The number of amides is 3. The van der Waals surface area contributed by atoms with E-state index < -0.39 is 11.0 Å². The van der Waals surface area contributed by atoms with Crippen molar-refractivity contribution in [1.82, 2.24) is 14.7 Å². The number of anilines is 1. The molecule has 3 aromatic rings. The zero-order valence-electron chi connectivity index (χ0n) is 21.7. The highest BCUT2D eigenvalue weighted by Crippen LogP contribution is 2.16. The Bertz CT molecular complexity index is 1200. The van der Waals surface area contributed by atoms with E-state index in [0.29, 0.717) is 57.3 Å². The molecule has 1 aliphatic heterocycles. The predicted octanol–water partition coefficient (Wildman–Crippen LogP) is 3.63. The van der Waals surface area contributed by atoms with Gasteiger partial charge in [0.15, 0.2) is 0 Å². The van der Waals surface area contributed by atoms with Crippen LogP contribution in [0.3, 0.4) is 0 Å². The Morgan fingerprint density at radius 2 is 1.69 bits per heavy atom. The SMILES string of the molecule is O=C(CN(CCN1CCOCC1)C(=O)Nc1ccc([N+](=O)[O-])cc1)N(CCc1ccccc1)Cc1ccco1. The summed E-state index contributed by atoms with van der Waals surface area (Å²) in [5, 5.41) is 13.7. The van der Waals surface area contributed by atoms with Crippen LogP contribution in [-0.2, 0) is 22.5 Å². The van der Waals surface area contributed by atoms with Crippen LogP contribution in [0.5, 0.6) is 0 Å². The first kappa shape index (κ1) is 27.8. The fourth-order valence-electron chi connectivity index (χ4n) is 4.26. The quantitative estimate of drug-likeness (QED) is 0.278. The van der Waals surface area contributed by atoms with Gasteiger partial charge < -0.3 is 24.3 Å². The number of nitro benzene ring substituents is 1. The lowest BCUT2D eigenvalue weighted by atomic mass is 10.1. The first-order valence-electron chi connectivity index (χ1n) is 12.9. The maximum Gasteiger partial charge on any atom is 0.322 e. The van der Waals surface area contributed by atoms with Crippen LogP contribution in [0.4, 0.5) is 16.2 Å². The topological polar surface area (TPSA) is 121 Å². The van der Waals surface area contributed by atoms with Gasteiger partial charge in [0.25, 0.3) is 5.69 Å². The van der Waals surface area contributed by atoms with Gasteiger partial charge >= 0.3 is 6.03 Å². The Morgan fingerprint density at radius 3 is 2.36 bits per heavy atom. The first-order valence-corrected chi connectivity index (χ1v) is 12.9. The second-order valence-corrected chi connectivity index (χ2v) is 9.24. The van der Waals surface area contributed by atoms with Crippen LogP contribution < -0.4 is 5.32 Å². The van der Waals surface area contributed by atoms with Gasteiger partial charge in [-0.1, -0.05) is 30.3 Å². The molecule has 0 radical (unpaired) electrons. The minimum absolute atomic E-state index is 0.0701. The second-order valence-electron chi connectivity index (χ2n) is 9.24. The molecular weight excluding hydrogens is 502 g/mol. The van der Waals surface area contributed by atoms with Crippen molar-refractivity contribution in [1.29, 1.82) is 0 Å². The van der Waals surface area contributed by atoms with Crippen LogP contribution in [0.15, 0.2) is 77.4 Å². The van der Waals surface area contributed by atoms with E-state index in [2.05, 4.69) is 10.2 Å². The van der Waals surface area contributed by atoms with Crippen molar-refractivity contribution in [3.8, 4) is 0 Å². The van der Waals surface area contributed by atoms with Gasteiger partial charge in [-0.2, -0.15) is 0 Å². The number of nitro groups is 1. The molecule has 39 heavy (non-hydrogen) atoms. The number of benzene rings is 2. The molecule has 1 aromatic heterocycles. The minimum atomic E-state index is -0.498. The number of hydrogen-bond donors (Lipinski definition) is 1. The summed E-state index contributed by atoms with van der Waals surface area (Å²) < 4.78 is 10.9. The van der Waals surface area contributed by atoms with Crippen molar-refractivity contribution < 1.29 is 23.7 Å². The molecule has 0 saturated carbocycles. The summed E-state index contributed by atoms with van der Waals surface area (Å²) in [6.07, 6.45) is 2.23. The lowest BCUT2D eigenvalue weighted by Gasteiger charge is -2.31. The third-order valence-corrected chi connectivity index (χ3v) is 6.53. The zero-order chi connectivity index (χ0) is 27.5. The van der Waals surface area contributed by atoms with Crippen LogP contribution in [0, 0.1) is 10.1 Å². The molecule has 1 fully saturated rings. The molecule has 1 N–H and O–H groups in total. The monoisotopic (exact) mass is 535 g/mol. The third kappa shape index (κ3) is 8.66. The van der Waals surface area contributed by atoms with E-state index in [4.69, 9.17) is 9.15 Å². The third-order valence-electron chi connectivity index (χ3n) is 6.53. The van der Waals surface area contributed by atoms with Gasteiger partial charge in [-0.05, 0) is 36.2 Å². The normalized spacial score (nSPS) is 13.5. The summed E-state index contributed by atoms with van der Waals surface area (Å²) in [4.78, 5) is 42.7. The number of carbonyl (C=O) groups excluding carboxylic acids is 2. The largest absolute Gasteiger partial charge is 0.467 e. The number of morpholine rings is 1. The smallest absolute Gasteiger partial charge is 0.322 e. The van der Waals surface area contributed by atoms with E-state index in [-0.39, 0.29) is 18.1 Å². The Hall–Kier alpha value is -4.22. The van der Waals surface area contributed by atoms with Crippen LogP contribution in [0.1, 0.15) is 11.3 Å². The van der Waals surface area contributed by atoms with Crippen LogP contribution in [-0.4, -0.2) is 84.0 Å². The van der Waals surface area contributed by atoms with Crippen molar-refractivity contribution in [2.75, 3.05) is 57.8 Å². The van der Waals surface area contributed by atoms with Crippen LogP contribution in [0.2, 0.25) is 0 Å². The first-order chi connectivity index (χ1) is 19.0. The second kappa shape index (κ2) is 14.1. The summed E-state index contributed by atoms with van der Waals surface area (Å²) in [6.45, 7) is 4.32. The molecule has 2 aromatic carbocycles. The van der Waals surface area contributed by atoms with Gasteiger partial charge in [0.2, 0.25) is 5.91 Å². The Morgan fingerprint density at radius 1 is 0.949 bits per heavy atom. The molecule has 1 saturated heterocycles. The average molecular weight is 536 g/mol. The summed E-state index contributed by atoms with van der Waals surface area (Å²) in [5.74, 6) is 0.453. The maximum atomic E-state index is 13.6. The highest BCUT2D eigenvalue weighted by Gasteiger charge is 2.24. The molecule has 2 heterocycles. The number of carbonyl (C=O) groups is 2. The molecule has 11 heteroatoms. The number of rotatable bonds is 12. The van der Waals surface area contributed by atoms with E-state index in [1.165, 1.54) is 29.2 Å². The van der Waals surface area contributed by atoms with E-state index in [9.17, 15) is 19.7 Å². The molecule has 0 spiro atoms. The average Bonchev–Trinajstić information content (AvgIpc) is 3.48. The summed E-state index contributed by atoms with van der Waals surface area (Å²) in [6, 6.07) is 18.7. The molecule has 0 atom stereocenters. The molecule has 0 unspecified atom stereocenters. The fraction of sp³-hybridized carbons (Fsp3) is 0.357. The van der Waals surface area contributed by atoms with E-state index in [0.717, 1.165) is 18.7 Å². The fourth-order valence-corrected chi connectivity index (χ4v) is 4.26. The zero-order valence-corrected chi connectivity index (χ0v) is 21.7. The predicted molar refractivity (Wildman–Crippen MR) is 145 cm³/mol. The molecule has 0 aliphatic carbocycles. The highest BCUT2D eigenvalue weighted by molar-refractivity contribution is 5.92. The van der Waals surface area contributed by atoms with E-state index in [1.54, 1.807) is 17.2 Å². The molecule has 1 aliphatic rings. The molecule has 11 nitrogen and oxygen atoms in total. The van der Waals surface area contributed by atoms with Crippen molar-refractivity contribution in [2.45, 2.75) is 13.0 Å². The van der Waals surface area contributed by atoms with Crippen LogP contribution >= 0.6 is 0 Å². The van der Waals surface area contributed by atoms with Crippen molar-refractivity contribution >= 4 is 23.3 Å². The van der Waals surface area contributed by atoms with Gasteiger partial charge in [-0.15, -0.1) is 0 Å². The molecule has 0 bridgehead atoms. The minimum Gasteiger partial charge on any atom is -0.467 e. The molecule has 206 valence electrons. The highest BCUT2D eigenvalue weighted by atomic mass is 16.6. The number of ether oxygens (including phenoxy) is 1. The summed E-state index contributed by atoms with van der Waals surface area (Å²) in [7, 11) is 0. The number of furan rings is 1. The number of nitrogens with one attached hydrogen (secondary N) is 1.